The molecule has 28 heavy (non-hydrogen) atoms. The van der Waals surface area contributed by atoms with Crippen molar-refractivity contribution in [2.24, 2.45) is 0 Å². The molecule has 1 amide bonds. The third kappa shape index (κ3) is 5.10. The molecule has 1 aromatic heterocycles. The van der Waals surface area contributed by atoms with Gasteiger partial charge in [0.2, 0.25) is 11.9 Å². The number of methoxy groups -OCH3 is 1. The molecule has 0 saturated carbocycles. The summed E-state index contributed by atoms with van der Waals surface area (Å²) in [6, 6.07) is 7.52. The number of aromatic amines is 1. The molecule has 0 radical (unpaired) electrons. The smallest absolute Gasteiger partial charge is 0.255 e. The van der Waals surface area contributed by atoms with Gasteiger partial charge in [-0.25, -0.2) is 4.98 Å². The van der Waals surface area contributed by atoms with Crippen molar-refractivity contribution in [1.29, 1.82) is 0 Å². The van der Waals surface area contributed by atoms with Crippen molar-refractivity contribution in [3.63, 3.8) is 0 Å². The van der Waals surface area contributed by atoms with E-state index in [1.807, 2.05) is 36.1 Å². The van der Waals surface area contributed by atoms with Crippen molar-refractivity contribution >= 4 is 11.9 Å². The predicted molar refractivity (Wildman–Crippen MR) is 106 cm³/mol. The van der Waals surface area contributed by atoms with E-state index in [1.54, 1.807) is 7.11 Å². The summed E-state index contributed by atoms with van der Waals surface area (Å²) in [6.07, 6.45) is 0.588. The van der Waals surface area contributed by atoms with Crippen molar-refractivity contribution in [2.45, 2.75) is 26.3 Å². The average molecular weight is 386 g/mol. The topological polar surface area (TPSA) is 96.5 Å². The summed E-state index contributed by atoms with van der Waals surface area (Å²) in [5, 5.41) is 2.87. The van der Waals surface area contributed by atoms with Crippen LogP contribution in [0.1, 0.15) is 23.2 Å². The number of rotatable bonds is 7. The minimum absolute atomic E-state index is 0.105. The number of carbonyl (C=O) groups excluding carboxylic acids is 1. The molecule has 3 rings (SSSR count). The maximum absolute atomic E-state index is 12.5. The molecule has 0 spiro atoms. The molecule has 0 aliphatic carbocycles. The standard InChI is InChI=1S/C20H26N4O4/c1-14-17(19(26)23-20(22-14)24-9-11-28-12-10-24)7-8-18(25)21-13-15-3-5-16(27-2)6-4-15/h3-6H,7-13H2,1-2H3,(H,21,25)(H,22,23,26). The number of anilines is 1. The number of aromatic nitrogens is 2. The van der Waals surface area contributed by atoms with Crippen LogP contribution in [-0.2, 0) is 22.5 Å². The number of amides is 1. The Kier molecular flexibility index (Phi) is 6.65. The molecule has 1 aromatic carbocycles. The first-order valence-electron chi connectivity index (χ1n) is 9.39. The van der Waals surface area contributed by atoms with Gasteiger partial charge < -0.3 is 19.7 Å². The second-order valence-electron chi connectivity index (χ2n) is 6.68. The highest BCUT2D eigenvalue weighted by atomic mass is 16.5. The lowest BCUT2D eigenvalue weighted by atomic mass is 10.1. The number of hydrogen-bond acceptors (Lipinski definition) is 6. The molecule has 0 bridgehead atoms. The number of nitrogens with one attached hydrogen (secondary N) is 2. The SMILES string of the molecule is COc1ccc(CNC(=O)CCc2c(C)nc(N3CCOCC3)[nH]c2=O)cc1. The van der Waals surface area contributed by atoms with Gasteiger partial charge in [-0.1, -0.05) is 12.1 Å². The van der Waals surface area contributed by atoms with E-state index in [-0.39, 0.29) is 17.9 Å². The van der Waals surface area contributed by atoms with Crippen LogP contribution in [0.25, 0.3) is 0 Å². The van der Waals surface area contributed by atoms with Crippen LogP contribution >= 0.6 is 0 Å². The molecule has 1 fully saturated rings. The Bertz CT molecular complexity index is 857. The van der Waals surface area contributed by atoms with Crippen LogP contribution in [-0.4, -0.2) is 49.3 Å². The Balaban J connectivity index is 1.54. The molecule has 2 heterocycles. The molecule has 2 N–H and O–H groups in total. The number of carbonyl (C=O) groups is 1. The zero-order valence-corrected chi connectivity index (χ0v) is 16.3. The number of aryl methyl sites for hydroxylation is 1. The minimum Gasteiger partial charge on any atom is -0.497 e. The molecule has 8 nitrogen and oxygen atoms in total. The van der Waals surface area contributed by atoms with E-state index in [0.717, 1.165) is 11.3 Å². The van der Waals surface area contributed by atoms with Gasteiger partial charge in [0.05, 0.1) is 20.3 Å². The van der Waals surface area contributed by atoms with Gasteiger partial charge in [-0.15, -0.1) is 0 Å². The molecular weight excluding hydrogens is 360 g/mol. The van der Waals surface area contributed by atoms with E-state index in [4.69, 9.17) is 9.47 Å². The summed E-state index contributed by atoms with van der Waals surface area (Å²) in [5.41, 5.74) is 2.02. The van der Waals surface area contributed by atoms with E-state index in [2.05, 4.69) is 15.3 Å². The predicted octanol–water partition coefficient (Wildman–Crippen LogP) is 1.17. The van der Waals surface area contributed by atoms with Crippen LogP contribution in [0.3, 0.4) is 0 Å². The van der Waals surface area contributed by atoms with Crippen molar-refractivity contribution < 1.29 is 14.3 Å². The molecule has 150 valence electrons. The van der Waals surface area contributed by atoms with Crippen molar-refractivity contribution in [2.75, 3.05) is 38.3 Å². The maximum Gasteiger partial charge on any atom is 0.255 e. The first-order valence-corrected chi connectivity index (χ1v) is 9.39. The first-order chi connectivity index (χ1) is 13.6. The largest absolute Gasteiger partial charge is 0.497 e. The minimum atomic E-state index is -0.183. The summed E-state index contributed by atoms with van der Waals surface area (Å²) in [5.74, 6) is 1.24. The highest BCUT2D eigenvalue weighted by Crippen LogP contribution is 2.12. The summed E-state index contributed by atoms with van der Waals surface area (Å²) >= 11 is 0. The van der Waals surface area contributed by atoms with E-state index < -0.39 is 0 Å². The number of morpholine rings is 1. The number of H-pyrrole nitrogens is 1. The molecule has 2 aromatic rings. The number of hydrogen-bond donors (Lipinski definition) is 2. The summed E-state index contributed by atoms with van der Waals surface area (Å²) in [7, 11) is 1.61. The second-order valence-corrected chi connectivity index (χ2v) is 6.68. The lowest BCUT2D eigenvalue weighted by Gasteiger charge is -2.27. The van der Waals surface area contributed by atoms with Gasteiger partial charge in [-0.05, 0) is 31.0 Å². The van der Waals surface area contributed by atoms with Crippen LogP contribution in [0.5, 0.6) is 5.75 Å². The average Bonchev–Trinajstić information content (AvgIpc) is 2.72. The van der Waals surface area contributed by atoms with E-state index >= 15 is 0 Å². The van der Waals surface area contributed by atoms with Gasteiger partial charge >= 0.3 is 0 Å². The van der Waals surface area contributed by atoms with Gasteiger partial charge in [-0.3, -0.25) is 14.6 Å². The van der Waals surface area contributed by atoms with Gasteiger partial charge in [0, 0.05) is 37.3 Å². The molecule has 1 aliphatic heterocycles. The summed E-state index contributed by atoms with van der Waals surface area (Å²) < 4.78 is 10.4. The summed E-state index contributed by atoms with van der Waals surface area (Å²) in [4.78, 5) is 34.0. The number of ether oxygens (including phenoxy) is 2. The Morgan fingerprint density at radius 2 is 2.00 bits per heavy atom. The van der Waals surface area contributed by atoms with Crippen molar-refractivity contribution in [3.05, 3.63) is 51.4 Å². The van der Waals surface area contributed by atoms with Gasteiger partial charge in [0.25, 0.3) is 5.56 Å². The zero-order valence-electron chi connectivity index (χ0n) is 16.3. The molecule has 0 unspecified atom stereocenters. The van der Waals surface area contributed by atoms with E-state index in [0.29, 0.717) is 56.5 Å². The Morgan fingerprint density at radius 3 is 2.64 bits per heavy atom. The van der Waals surface area contributed by atoms with Crippen LogP contribution in [0.2, 0.25) is 0 Å². The van der Waals surface area contributed by atoms with Gasteiger partial charge in [0.1, 0.15) is 5.75 Å². The maximum atomic E-state index is 12.5. The Hall–Kier alpha value is -2.87. The monoisotopic (exact) mass is 386 g/mol. The van der Waals surface area contributed by atoms with Crippen LogP contribution < -0.4 is 20.5 Å². The molecule has 1 saturated heterocycles. The molecule has 8 heteroatoms. The first kappa shape index (κ1) is 19.9. The quantitative estimate of drug-likeness (QED) is 0.742. The lowest BCUT2D eigenvalue weighted by Crippen LogP contribution is -2.38. The highest BCUT2D eigenvalue weighted by Gasteiger charge is 2.16. The summed E-state index contributed by atoms with van der Waals surface area (Å²) in [6.45, 7) is 4.90. The van der Waals surface area contributed by atoms with Crippen LogP contribution in [0.4, 0.5) is 5.95 Å². The van der Waals surface area contributed by atoms with Crippen LogP contribution in [0.15, 0.2) is 29.1 Å². The zero-order chi connectivity index (χ0) is 19.9. The lowest BCUT2D eigenvalue weighted by molar-refractivity contribution is -0.121. The van der Waals surface area contributed by atoms with Crippen molar-refractivity contribution in [3.8, 4) is 5.75 Å². The van der Waals surface area contributed by atoms with Gasteiger partial charge in [0.15, 0.2) is 0 Å². The number of nitrogens with zero attached hydrogens (tertiary/aromatic N) is 2. The van der Waals surface area contributed by atoms with Crippen molar-refractivity contribution in [1.82, 2.24) is 15.3 Å². The normalized spacial score (nSPS) is 14.0. The Morgan fingerprint density at radius 1 is 1.29 bits per heavy atom. The van der Waals surface area contributed by atoms with E-state index in [9.17, 15) is 9.59 Å². The fourth-order valence-corrected chi connectivity index (χ4v) is 3.09. The van der Waals surface area contributed by atoms with Crippen LogP contribution in [0, 0.1) is 6.92 Å². The molecule has 1 aliphatic rings. The fraction of sp³-hybridized carbons (Fsp3) is 0.450. The molecule has 0 atom stereocenters. The second kappa shape index (κ2) is 9.36. The third-order valence-electron chi connectivity index (χ3n) is 4.77. The fourth-order valence-electron chi connectivity index (χ4n) is 3.09. The highest BCUT2D eigenvalue weighted by molar-refractivity contribution is 5.76. The van der Waals surface area contributed by atoms with Gasteiger partial charge in [-0.2, -0.15) is 0 Å². The molecular formula is C20H26N4O4. The number of benzene rings is 1. The Labute approximate surface area is 163 Å². The van der Waals surface area contributed by atoms with E-state index in [1.165, 1.54) is 0 Å². The third-order valence-corrected chi connectivity index (χ3v) is 4.77.